The van der Waals surface area contributed by atoms with E-state index >= 15 is 0 Å². The van der Waals surface area contributed by atoms with Crippen LogP contribution >= 0.6 is 39.3 Å². The second kappa shape index (κ2) is 10.4. The van der Waals surface area contributed by atoms with Crippen molar-refractivity contribution in [2.75, 3.05) is 10.2 Å². The van der Waals surface area contributed by atoms with E-state index in [0.717, 1.165) is 21.8 Å². The maximum absolute atomic E-state index is 13.5. The first-order valence-electron chi connectivity index (χ1n) is 10.1. The summed E-state index contributed by atoms with van der Waals surface area (Å²) in [5, 5.41) is 12.7. The molecular weight excluding hydrogens is 541 g/mol. The molecule has 1 aliphatic heterocycles. The summed E-state index contributed by atoms with van der Waals surface area (Å²) in [7, 11) is 0. The third kappa shape index (κ3) is 5.33. The average molecular weight is 557 g/mol. The van der Waals surface area contributed by atoms with Crippen LogP contribution in [0.1, 0.15) is 5.56 Å². The fourth-order valence-corrected chi connectivity index (χ4v) is 5.20. The van der Waals surface area contributed by atoms with Gasteiger partial charge in [0.15, 0.2) is 0 Å². The lowest BCUT2D eigenvalue weighted by Crippen LogP contribution is -2.30. The SMILES string of the molecule is N#CC(C(=O)Nc1ccc(Br)cc1)=C1SC(Cc2cccc(Cl)c2)C(=O)N1c1ccc(F)cc1. The number of rotatable bonds is 5. The smallest absolute Gasteiger partial charge is 0.269 e. The molecule has 1 saturated heterocycles. The number of anilines is 2. The Kier molecular flexibility index (Phi) is 7.37. The fraction of sp³-hybridized carbons (Fsp3) is 0.0800. The molecule has 0 bridgehead atoms. The maximum atomic E-state index is 13.5. The molecule has 3 aromatic carbocycles. The number of thioether (sulfide) groups is 1. The Balaban J connectivity index is 1.72. The molecule has 4 rings (SSSR count). The van der Waals surface area contributed by atoms with Crippen LogP contribution in [0.15, 0.2) is 87.9 Å². The highest BCUT2D eigenvalue weighted by atomic mass is 79.9. The van der Waals surface area contributed by atoms with Crippen molar-refractivity contribution in [2.45, 2.75) is 11.7 Å². The molecule has 5 nitrogen and oxygen atoms in total. The molecule has 34 heavy (non-hydrogen) atoms. The van der Waals surface area contributed by atoms with E-state index in [1.807, 2.05) is 12.1 Å². The van der Waals surface area contributed by atoms with E-state index in [1.54, 1.807) is 42.5 Å². The van der Waals surface area contributed by atoms with Crippen molar-refractivity contribution in [3.05, 3.63) is 104 Å². The van der Waals surface area contributed by atoms with Crippen molar-refractivity contribution in [3.8, 4) is 6.07 Å². The van der Waals surface area contributed by atoms with E-state index in [1.165, 1.54) is 29.2 Å². The molecule has 170 valence electrons. The quantitative estimate of drug-likeness (QED) is 0.295. The first-order chi connectivity index (χ1) is 16.4. The van der Waals surface area contributed by atoms with Gasteiger partial charge in [0.1, 0.15) is 22.5 Å². The van der Waals surface area contributed by atoms with Gasteiger partial charge in [0, 0.05) is 20.9 Å². The lowest BCUT2D eigenvalue weighted by atomic mass is 10.1. The van der Waals surface area contributed by atoms with Crippen LogP contribution < -0.4 is 10.2 Å². The molecule has 2 amide bonds. The number of carbonyl (C=O) groups excluding carboxylic acids is 2. The van der Waals surface area contributed by atoms with Crippen LogP contribution in [0.25, 0.3) is 0 Å². The highest BCUT2D eigenvalue weighted by molar-refractivity contribution is 9.10. The van der Waals surface area contributed by atoms with Crippen LogP contribution in [0.5, 0.6) is 0 Å². The van der Waals surface area contributed by atoms with Gasteiger partial charge in [0.25, 0.3) is 5.91 Å². The number of hydrogen-bond donors (Lipinski definition) is 1. The minimum Gasteiger partial charge on any atom is -0.321 e. The molecule has 1 atom stereocenters. The Morgan fingerprint density at radius 3 is 2.50 bits per heavy atom. The van der Waals surface area contributed by atoms with Crippen molar-refractivity contribution in [1.82, 2.24) is 0 Å². The summed E-state index contributed by atoms with van der Waals surface area (Å²) >= 11 is 10.6. The largest absolute Gasteiger partial charge is 0.321 e. The molecule has 1 unspecified atom stereocenters. The van der Waals surface area contributed by atoms with Gasteiger partial charge in [0.05, 0.1) is 5.25 Å². The van der Waals surface area contributed by atoms with Gasteiger partial charge in [-0.15, -0.1) is 0 Å². The van der Waals surface area contributed by atoms with Gasteiger partial charge in [0.2, 0.25) is 5.91 Å². The summed E-state index contributed by atoms with van der Waals surface area (Å²) in [6, 6.07) is 21.3. The molecule has 0 aromatic heterocycles. The summed E-state index contributed by atoms with van der Waals surface area (Å²) in [6.07, 6.45) is 0.346. The van der Waals surface area contributed by atoms with E-state index in [4.69, 9.17) is 11.6 Å². The lowest BCUT2D eigenvalue weighted by molar-refractivity contribution is -0.117. The maximum Gasteiger partial charge on any atom is 0.269 e. The predicted molar refractivity (Wildman–Crippen MR) is 136 cm³/mol. The fourth-order valence-electron chi connectivity index (χ4n) is 3.42. The standard InChI is InChI=1S/C25H16BrClFN3O2S/c26-16-4-8-19(9-5-16)30-23(32)21(14-29)25-31(20-10-6-18(28)7-11-20)24(33)22(34-25)13-15-2-1-3-17(27)12-15/h1-12,22H,13H2,(H,30,32). The minimum absolute atomic E-state index is 0.195. The predicted octanol–water partition coefficient (Wildman–Crippen LogP) is 6.31. The topological polar surface area (TPSA) is 73.2 Å². The molecular formula is C25H16BrClFN3O2S. The number of nitriles is 1. The van der Waals surface area contributed by atoms with Gasteiger partial charge < -0.3 is 5.32 Å². The second-order valence-electron chi connectivity index (χ2n) is 7.34. The molecule has 0 aliphatic carbocycles. The van der Waals surface area contributed by atoms with E-state index in [9.17, 15) is 19.2 Å². The minimum atomic E-state index is -0.643. The number of nitrogens with one attached hydrogen (secondary N) is 1. The second-order valence-corrected chi connectivity index (χ2v) is 9.89. The third-order valence-electron chi connectivity index (χ3n) is 5.00. The van der Waals surface area contributed by atoms with E-state index in [2.05, 4.69) is 21.2 Å². The Morgan fingerprint density at radius 1 is 1.15 bits per heavy atom. The number of nitrogens with zero attached hydrogens (tertiary/aromatic N) is 2. The summed E-state index contributed by atoms with van der Waals surface area (Å²) in [6.45, 7) is 0. The van der Waals surface area contributed by atoms with Crippen molar-refractivity contribution in [2.24, 2.45) is 0 Å². The Bertz CT molecular complexity index is 1320. The molecule has 1 heterocycles. The van der Waals surface area contributed by atoms with E-state index in [-0.39, 0.29) is 16.5 Å². The summed E-state index contributed by atoms with van der Waals surface area (Å²) in [5.41, 5.74) is 1.50. The zero-order valence-electron chi connectivity index (χ0n) is 17.5. The van der Waals surface area contributed by atoms with Gasteiger partial charge in [-0.3, -0.25) is 14.5 Å². The monoisotopic (exact) mass is 555 g/mol. The van der Waals surface area contributed by atoms with Crippen LogP contribution in [0.4, 0.5) is 15.8 Å². The van der Waals surface area contributed by atoms with Gasteiger partial charge in [-0.2, -0.15) is 5.26 Å². The number of hydrogen-bond acceptors (Lipinski definition) is 4. The zero-order chi connectivity index (χ0) is 24.2. The molecule has 3 aromatic rings. The van der Waals surface area contributed by atoms with E-state index in [0.29, 0.717) is 22.8 Å². The molecule has 1 N–H and O–H groups in total. The number of amides is 2. The van der Waals surface area contributed by atoms with Crippen LogP contribution in [-0.4, -0.2) is 17.1 Å². The summed E-state index contributed by atoms with van der Waals surface area (Å²) in [4.78, 5) is 27.8. The molecule has 1 aliphatic rings. The summed E-state index contributed by atoms with van der Waals surface area (Å²) < 4.78 is 14.4. The first kappa shape index (κ1) is 24.0. The van der Waals surface area contributed by atoms with Crippen molar-refractivity contribution in [3.63, 3.8) is 0 Å². The normalized spacial score (nSPS) is 16.8. The Morgan fingerprint density at radius 2 is 1.85 bits per heavy atom. The van der Waals surface area contributed by atoms with Crippen LogP contribution in [-0.2, 0) is 16.0 Å². The molecule has 1 fully saturated rings. The molecule has 0 saturated carbocycles. The number of benzene rings is 3. The van der Waals surface area contributed by atoms with Crippen molar-refractivity contribution < 1.29 is 14.0 Å². The van der Waals surface area contributed by atoms with Crippen LogP contribution in [0.3, 0.4) is 0 Å². The van der Waals surface area contributed by atoms with Gasteiger partial charge in [-0.05, 0) is 72.6 Å². The van der Waals surface area contributed by atoms with Gasteiger partial charge >= 0.3 is 0 Å². The van der Waals surface area contributed by atoms with Crippen molar-refractivity contribution >= 4 is 62.5 Å². The highest BCUT2D eigenvalue weighted by Gasteiger charge is 2.40. The molecule has 0 radical (unpaired) electrons. The highest BCUT2D eigenvalue weighted by Crippen LogP contribution is 2.42. The Hall–Kier alpha value is -3.12. The Labute approximate surface area is 213 Å². The van der Waals surface area contributed by atoms with Crippen molar-refractivity contribution in [1.29, 1.82) is 5.26 Å². The summed E-state index contributed by atoms with van der Waals surface area (Å²) in [5.74, 6) is -1.41. The third-order valence-corrected chi connectivity index (χ3v) is 7.03. The van der Waals surface area contributed by atoms with Gasteiger partial charge in [-0.1, -0.05) is 51.4 Å². The van der Waals surface area contributed by atoms with E-state index < -0.39 is 17.0 Å². The first-order valence-corrected chi connectivity index (χ1v) is 12.1. The molecule has 0 spiro atoms. The zero-order valence-corrected chi connectivity index (χ0v) is 20.6. The van der Waals surface area contributed by atoms with Crippen LogP contribution in [0.2, 0.25) is 5.02 Å². The number of halogens is 3. The van der Waals surface area contributed by atoms with Crippen LogP contribution in [0, 0.1) is 17.1 Å². The number of carbonyl (C=O) groups is 2. The molecule has 9 heteroatoms. The lowest BCUT2D eigenvalue weighted by Gasteiger charge is -2.18. The average Bonchev–Trinajstić information content (AvgIpc) is 3.12. The van der Waals surface area contributed by atoms with Gasteiger partial charge in [-0.25, -0.2) is 4.39 Å².